The first-order chi connectivity index (χ1) is 17.0. The fourth-order valence-corrected chi connectivity index (χ4v) is 5.38. The first-order valence-electron chi connectivity index (χ1n) is 12.2. The van der Waals surface area contributed by atoms with E-state index in [1.165, 1.54) is 18.5 Å². The van der Waals surface area contributed by atoms with Gasteiger partial charge in [0.15, 0.2) is 0 Å². The van der Waals surface area contributed by atoms with E-state index in [1.807, 2.05) is 43.3 Å². The molecule has 6 nitrogen and oxygen atoms in total. The SMILES string of the molecule is Cc1cc(CC(NC(=O)OCC2c3ccccc3-c3ccccc32)C(=O)O)ccc1N1CCCC1. The summed E-state index contributed by atoms with van der Waals surface area (Å²) < 4.78 is 5.55. The van der Waals surface area contributed by atoms with Crippen molar-refractivity contribution in [2.24, 2.45) is 0 Å². The van der Waals surface area contributed by atoms with Gasteiger partial charge in [0.1, 0.15) is 12.6 Å². The van der Waals surface area contributed by atoms with Gasteiger partial charge in [-0.2, -0.15) is 0 Å². The molecule has 1 fully saturated rings. The van der Waals surface area contributed by atoms with Crippen LogP contribution in [-0.4, -0.2) is 42.9 Å². The number of hydrogen-bond donors (Lipinski definition) is 2. The number of benzene rings is 3. The third-order valence-corrected chi connectivity index (χ3v) is 7.08. The van der Waals surface area contributed by atoms with Gasteiger partial charge in [-0.25, -0.2) is 9.59 Å². The van der Waals surface area contributed by atoms with Crippen LogP contribution in [0.3, 0.4) is 0 Å². The molecule has 1 amide bonds. The molecule has 0 radical (unpaired) electrons. The summed E-state index contributed by atoms with van der Waals surface area (Å²) in [4.78, 5) is 26.9. The van der Waals surface area contributed by atoms with Crippen molar-refractivity contribution in [3.8, 4) is 11.1 Å². The highest BCUT2D eigenvalue weighted by atomic mass is 16.5. The van der Waals surface area contributed by atoms with Crippen LogP contribution in [0.4, 0.5) is 10.5 Å². The average molecular weight is 471 g/mol. The molecule has 1 heterocycles. The number of nitrogens with one attached hydrogen (secondary N) is 1. The van der Waals surface area contributed by atoms with Crippen LogP contribution in [-0.2, 0) is 16.0 Å². The van der Waals surface area contributed by atoms with Crippen molar-refractivity contribution in [1.82, 2.24) is 5.32 Å². The number of rotatable bonds is 7. The number of carboxylic acid groups (broad SMARTS) is 1. The Labute approximate surface area is 205 Å². The molecule has 0 spiro atoms. The van der Waals surface area contributed by atoms with Crippen LogP contribution < -0.4 is 10.2 Å². The zero-order valence-corrected chi connectivity index (χ0v) is 19.9. The molecule has 1 atom stereocenters. The largest absolute Gasteiger partial charge is 0.480 e. The summed E-state index contributed by atoms with van der Waals surface area (Å²) in [6.45, 7) is 4.31. The minimum absolute atomic E-state index is 0.0720. The predicted molar refractivity (Wildman–Crippen MR) is 136 cm³/mol. The molecule has 3 aromatic rings. The molecular formula is C29H30N2O4. The topological polar surface area (TPSA) is 78.9 Å². The van der Waals surface area contributed by atoms with E-state index in [9.17, 15) is 14.7 Å². The Bertz CT molecular complexity index is 1200. The Morgan fingerprint density at radius 2 is 1.63 bits per heavy atom. The predicted octanol–water partition coefficient (Wildman–Crippen LogP) is 5.13. The zero-order valence-electron chi connectivity index (χ0n) is 19.9. The van der Waals surface area contributed by atoms with Crippen LogP contribution >= 0.6 is 0 Å². The van der Waals surface area contributed by atoms with Gasteiger partial charge in [0.25, 0.3) is 0 Å². The normalized spacial score (nSPS) is 15.4. The molecule has 2 aliphatic rings. The number of alkyl carbamates (subject to hydrolysis) is 1. The minimum atomic E-state index is -1.08. The van der Waals surface area contributed by atoms with Crippen molar-refractivity contribution in [2.45, 2.75) is 38.1 Å². The van der Waals surface area contributed by atoms with E-state index in [-0.39, 0.29) is 18.9 Å². The molecule has 0 bridgehead atoms. The second-order valence-electron chi connectivity index (χ2n) is 9.38. The summed E-state index contributed by atoms with van der Waals surface area (Å²) in [5.41, 5.74) is 7.71. The van der Waals surface area contributed by atoms with E-state index in [1.54, 1.807) is 0 Å². The lowest BCUT2D eigenvalue weighted by atomic mass is 9.98. The number of nitrogens with zero attached hydrogens (tertiary/aromatic N) is 1. The number of carbonyl (C=O) groups excluding carboxylic acids is 1. The maximum absolute atomic E-state index is 12.6. The van der Waals surface area contributed by atoms with Crippen molar-refractivity contribution in [2.75, 3.05) is 24.6 Å². The van der Waals surface area contributed by atoms with Crippen LogP contribution in [0.2, 0.25) is 0 Å². The number of hydrogen-bond acceptors (Lipinski definition) is 4. The zero-order chi connectivity index (χ0) is 24.4. The van der Waals surface area contributed by atoms with Gasteiger partial charge < -0.3 is 20.1 Å². The number of aliphatic carboxylic acids is 1. The first-order valence-corrected chi connectivity index (χ1v) is 12.2. The Hall–Kier alpha value is -3.80. The second kappa shape index (κ2) is 9.82. The molecule has 35 heavy (non-hydrogen) atoms. The molecule has 1 aliphatic carbocycles. The summed E-state index contributed by atoms with van der Waals surface area (Å²) in [7, 11) is 0. The molecule has 0 saturated carbocycles. The van der Waals surface area contributed by atoms with Gasteiger partial charge in [0, 0.05) is 31.1 Å². The summed E-state index contributed by atoms with van der Waals surface area (Å²) in [5.74, 6) is -1.16. The van der Waals surface area contributed by atoms with Gasteiger partial charge >= 0.3 is 12.1 Å². The van der Waals surface area contributed by atoms with Gasteiger partial charge in [0.2, 0.25) is 0 Å². The standard InChI is InChI=1S/C29H30N2O4/c1-19-16-20(12-13-27(19)31-14-6-7-15-31)17-26(28(32)33)30-29(34)35-18-25-23-10-4-2-8-21(23)22-9-3-5-11-24(22)25/h2-5,8-13,16,25-26H,6-7,14-15,17-18H2,1H3,(H,30,34)(H,32,33). The summed E-state index contributed by atoms with van der Waals surface area (Å²) in [6.07, 6.45) is 1.88. The molecule has 2 N–H and O–H groups in total. The maximum atomic E-state index is 12.6. The number of carbonyl (C=O) groups is 2. The quantitative estimate of drug-likeness (QED) is 0.501. The number of amides is 1. The van der Waals surface area contributed by atoms with E-state index in [0.29, 0.717) is 0 Å². The van der Waals surface area contributed by atoms with E-state index < -0.39 is 18.1 Å². The highest BCUT2D eigenvalue weighted by Gasteiger charge is 2.30. The van der Waals surface area contributed by atoms with Crippen molar-refractivity contribution in [1.29, 1.82) is 0 Å². The van der Waals surface area contributed by atoms with Crippen molar-refractivity contribution in [3.63, 3.8) is 0 Å². The molecule has 0 aromatic heterocycles. The molecule has 180 valence electrons. The molecular weight excluding hydrogens is 440 g/mol. The third kappa shape index (κ3) is 4.74. The lowest BCUT2D eigenvalue weighted by molar-refractivity contribution is -0.139. The van der Waals surface area contributed by atoms with E-state index in [4.69, 9.17) is 4.74 Å². The number of aryl methyl sites for hydroxylation is 1. The Kier molecular flexibility index (Phi) is 6.45. The van der Waals surface area contributed by atoms with Gasteiger partial charge in [-0.15, -0.1) is 0 Å². The molecule has 3 aromatic carbocycles. The lowest BCUT2D eigenvalue weighted by Crippen LogP contribution is -2.43. The lowest BCUT2D eigenvalue weighted by Gasteiger charge is -2.21. The highest BCUT2D eigenvalue weighted by molar-refractivity contribution is 5.81. The van der Waals surface area contributed by atoms with Crippen molar-refractivity contribution in [3.05, 3.63) is 89.0 Å². The Morgan fingerprint density at radius 1 is 1.00 bits per heavy atom. The fraction of sp³-hybridized carbons (Fsp3) is 0.310. The van der Waals surface area contributed by atoms with E-state index in [0.717, 1.165) is 46.5 Å². The van der Waals surface area contributed by atoms with Crippen molar-refractivity contribution < 1.29 is 19.4 Å². The maximum Gasteiger partial charge on any atom is 0.407 e. The number of fused-ring (bicyclic) bond motifs is 3. The summed E-state index contributed by atoms with van der Waals surface area (Å²) >= 11 is 0. The highest BCUT2D eigenvalue weighted by Crippen LogP contribution is 2.44. The van der Waals surface area contributed by atoms with Gasteiger partial charge in [-0.1, -0.05) is 60.7 Å². The Balaban J connectivity index is 1.23. The van der Waals surface area contributed by atoms with E-state index in [2.05, 4.69) is 40.5 Å². The number of anilines is 1. The fourth-order valence-electron chi connectivity index (χ4n) is 5.38. The molecule has 5 rings (SSSR count). The number of ether oxygens (including phenoxy) is 1. The van der Waals surface area contributed by atoms with E-state index >= 15 is 0 Å². The summed E-state index contributed by atoms with van der Waals surface area (Å²) in [5, 5.41) is 12.3. The van der Waals surface area contributed by atoms with Gasteiger partial charge in [-0.05, 0) is 59.2 Å². The van der Waals surface area contributed by atoms with Crippen molar-refractivity contribution >= 4 is 17.7 Å². The third-order valence-electron chi connectivity index (χ3n) is 7.08. The first kappa shape index (κ1) is 23.0. The van der Waals surface area contributed by atoms with Gasteiger partial charge in [0.05, 0.1) is 0 Å². The van der Waals surface area contributed by atoms with Crippen LogP contribution in [0.1, 0.15) is 41.0 Å². The second-order valence-corrected chi connectivity index (χ2v) is 9.38. The summed E-state index contributed by atoms with van der Waals surface area (Å²) in [6, 6.07) is 21.2. The molecule has 6 heteroatoms. The smallest absolute Gasteiger partial charge is 0.407 e. The molecule has 1 aliphatic heterocycles. The van der Waals surface area contributed by atoms with Crippen LogP contribution in [0.15, 0.2) is 66.7 Å². The van der Waals surface area contributed by atoms with Crippen LogP contribution in [0.5, 0.6) is 0 Å². The molecule has 1 unspecified atom stereocenters. The monoisotopic (exact) mass is 470 g/mol. The number of carboxylic acids is 1. The minimum Gasteiger partial charge on any atom is -0.480 e. The molecule has 1 saturated heterocycles. The van der Waals surface area contributed by atoms with Gasteiger partial charge in [-0.3, -0.25) is 0 Å². The Morgan fingerprint density at radius 3 is 2.23 bits per heavy atom. The van der Waals surface area contributed by atoms with Crippen LogP contribution in [0.25, 0.3) is 11.1 Å². The average Bonchev–Trinajstić information content (AvgIpc) is 3.49. The van der Waals surface area contributed by atoms with Crippen LogP contribution in [0, 0.1) is 6.92 Å².